The van der Waals surface area contributed by atoms with Gasteiger partial charge in [-0.2, -0.15) is 0 Å². The number of methoxy groups -OCH3 is 1. The van der Waals surface area contributed by atoms with Gasteiger partial charge in [0.05, 0.1) is 31.5 Å². The van der Waals surface area contributed by atoms with Crippen LogP contribution in [-0.4, -0.2) is 31.3 Å². The van der Waals surface area contributed by atoms with Crippen LogP contribution in [0.1, 0.15) is 81.9 Å². The van der Waals surface area contributed by atoms with Gasteiger partial charge in [0.1, 0.15) is 17.2 Å². The summed E-state index contributed by atoms with van der Waals surface area (Å²) in [5.41, 5.74) is 4.48. The molecule has 2 heterocycles. The normalized spacial score (nSPS) is 19.7. The molecule has 0 bridgehead atoms. The number of benzene rings is 1. The van der Waals surface area contributed by atoms with E-state index in [9.17, 15) is 4.79 Å². The molecule has 0 spiro atoms. The van der Waals surface area contributed by atoms with Crippen molar-refractivity contribution in [3.8, 4) is 17.0 Å². The molecule has 0 saturated carbocycles. The highest BCUT2D eigenvalue weighted by Gasteiger charge is 2.49. The van der Waals surface area contributed by atoms with Gasteiger partial charge >= 0.3 is 0 Å². The molecule has 1 unspecified atom stereocenters. The van der Waals surface area contributed by atoms with E-state index < -0.39 is 11.7 Å². The third-order valence-corrected chi connectivity index (χ3v) is 7.23. The molecule has 1 aromatic carbocycles. The SMILES string of the molecule is COc1cccc(-c2noc3c2C(=O)C(CC=C(C)C)(CC=C(C)C)C(C)C3)c1C1OCCCO1. The van der Waals surface area contributed by atoms with Crippen LogP contribution in [0.2, 0.25) is 0 Å². The van der Waals surface area contributed by atoms with Crippen LogP contribution in [0.15, 0.2) is 46.0 Å². The monoisotopic (exact) mass is 479 g/mol. The smallest absolute Gasteiger partial charge is 0.188 e. The predicted octanol–water partition coefficient (Wildman–Crippen LogP) is 6.86. The molecule has 1 aliphatic heterocycles. The van der Waals surface area contributed by atoms with Crippen molar-refractivity contribution in [2.24, 2.45) is 11.3 Å². The van der Waals surface area contributed by atoms with Gasteiger partial charge in [0, 0.05) is 17.4 Å². The van der Waals surface area contributed by atoms with Gasteiger partial charge in [0.25, 0.3) is 0 Å². The Balaban J connectivity index is 1.87. The number of rotatable bonds is 7. The lowest BCUT2D eigenvalue weighted by atomic mass is 9.61. The highest BCUT2D eigenvalue weighted by molar-refractivity contribution is 6.07. The number of aromatic nitrogens is 1. The first-order chi connectivity index (χ1) is 16.8. The lowest BCUT2D eigenvalue weighted by Crippen LogP contribution is -2.42. The van der Waals surface area contributed by atoms with Crippen molar-refractivity contribution >= 4 is 5.78 Å². The minimum Gasteiger partial charge on any atom is -0.496 e. The first-order valence-electron chi connectivity index (χ1n) is 12.5. The van der Waals surface area contributed by atoms with Crippen LogP contribution in [0.4, 0.5) is 0 Å². The van der Waals surface area contributed by atoms with E-state index in [0.717, 1.165) is 17.5 Å². The van der Waals surface area contributed by atoms with Crippen molar-refractivity contribution < 1.29 is 23.5 Å². The van der Waals surface area contributed by atoms with Crippen molar-refractivity contribution in [2.45, 2.75) is 66.6 Å². The highest BCUT2D eigenvalue weighted by Crippen LogP contribution is 2.49. The molecule has 6 nitrogen and oxygen atoms in total. The van der Waals surface area contributed by atoms with E-state index in [-0.39, 0.29) is 11.7 Å². The second-order valence-corrected chi connectivity index (χ2v) is 10.2. The summed E-state index contributed by atoms with van der Waals surface area (Å²) >= 11 is 0. The van der Waals surface area contributed by atoms with Crippen LogP contribution in [0.25, 0.3) is 11.3 Å². The summed E-state index contributed by atoms with van der Waals surface area (Å²) in [5.74, 6) is 1.51. The molecule has 1 aliphatic carbocycles. The molecule has 1 aromatic heterocycles. The zero-order valence-electron chi connectivity index (χ0n) is 21.8. The molecule has 4 rings (SSSR count). The maximum Gasteiger partial charge on any atom is 0.188 e. The summed E-state index contributed by atoms with van der Waals surface area (Å²) in [7, 11) is 1.63. The van der Waals surface area contributed by atoms with E-state index in [1.54, 1.807) is 7.11 Å². The van der Waals surface area contributed by atoms with E-state index >= 15 is 0 Å². The Kier molecular flexibility index (Phi) is 7.62. The molecule has 6 heteroatoms. The van der Waals surface area contributed by atoms with Gasteiger partial charge in [-0.1, -0.05) is 47.5 Å². The van der Waals surface area contributed by atoms with Crippen LogP contribution in [0.5, 0.6) is 5.75 Å². The standard InChI is InChI=1S/C29H37NO5/c1-18(2)11-13-29(14-12-19(3)4)20(5)17-23-25(27(29)31)26(30-35-23)21-9-7-10-22(32-6)24(21)28-33-15-8-16-34-28/h7,9-12,20,28H,8,13-17H2,1-6H3. The topological polar surface area (TPSA) is 70.8 Å². The number of Topliss-reactive ketones (excluding diaryl/α,β-unsaturated/α-hetero) is 1. The molecular weight excluding hydrogens is 442 g/mol. The Bertz CT molecular complexity index is 1110. The molecule has 0 amide bonds. The third-order valence-electron chi connectivity index (χ3n) is 7.23. The molecule has 1 atom stereocenters. The maximum atomic E-state index is 14.4. The zero-order chi connectivity index (χ0) is 25.2. The first-order valence-corrected chi connectivity index (χ1v) is 12.5. The van der Waals surface area contributed by atoms with Gasteiger partial charge in [-0.3, -0.25) is 4.79 Å². The highest BCUT2D eigenvalue weighted by atomic mass is 16.7. The summed E-state index contributed by atoms with van der Waals surface area (Å²) in [6, 6.07) is 5.72. The first kappa shape index (κ1) is 25.4. The Morgan fingerprint density at radius 2 is 1.77 bits per heavy atom. The third kappa shape index (κ3) is 4.87. The number of carbonyl (C=O) groups is 1. The second-order valence-electron chi connectivity index (χ2n) is 10.2. The van der Waals surface area contributed by atoms with Gasteiger partial charge in [0.15, 0.2) is 12.1 Å². The molecule has 1 saturated heterocycles. The van der Waals surface area contributed by atoms with Crippen LogP contribution in [-0.2, 0) is 15.9 Å². The number of carbonyl (C=O) groups excluding carboxylic acids is 1. The van der Waals surface area contributed by atoms with Crippen molar-refractivity contribution in [2.75, 3.05) is 20.3 Å². The van der Waals surface area contributed by atoms with Crippen LogP contribution >= 0.6 is 0 Å². The van der Waals surface area contributed by atoms with Gasteiger partial charge in [0.2, 0.25) is 0 Å². The molecule has 2 aromatic rings. The average molecular weight is 480 g/mol. The van der Waals surface area contributed by atoms with Crippen LogP contribution in [0.3, 0.4) is 0 Å². The summed E-state index contributed by atoms with van der Waals surface area (Å²) in [6.45, 7) is 11.7. The Morgan fingerprint density at radius 3 is 2.37 bits per heavy atom. The van der Waals surface area contributed by atoms with Crippen molar-refractivity contribution in [1.29, 1.82) is 0 Å². The van der Waals surface area contributed by atoms with Crippen molar-refractivity contribution in [1.82, 2.24) is 5.16 Å². The number of ether oxygens (including phenoxy) is 3. The minimum atomic E-state index is -0.582. The van der Waals surface area contributed by atoms with Crippen molar-refractivity contribution in [3.05, 3.63) is 58.4 Å². The van der Waals surface area contributed by atoms with E-state index in [2.05, 4.69) is 51.9 Å². The van der Waals surface area contributed by atoms with E-state index in [0.29, 0.717) is 55.2 Å². The lowest BCUT2D eigenvalue weighted by molar-refractivity contribution is -0.183. The number of ketones is 1. The Morgan fingerprint density at radius 1 is 1.11 bits per heavy atom. The Labute approximate surface area is 208 Å². The zero-order valence-corrected chi connectivity index (χ0v) is 21.8. The average Bonchev–Trinajstić information content (AvgIpc) is 3.27. The van der Waals surface area contributed by atoms with E-state index in [1.165, 1.54) is 11.1 Å². The molecule has 1 fully saturated rings. The molecule has 35 heavy (non-hydrogen) atoms. The summed E-state index contributed by atoms with van der Waals surface area (Å²) in [5, 5.41) is 4.45. The number of hydrogen-bond donors (Lipinski definition) is 0. The quantitative estimate of drug-likeness (QED) is 0.404. The fourth-order valence-corrected chi connectivity index (χ4v) is 5.10. The van der Waals surface area contributed by atoms with Gasteiger partial charge in [-0.15, -0.1) is 0 Å². The van der Waals surface area contributed by atoms with Gasteiger partial charge in [-0.25, -0.2) is 0 Å². The number of hydrogen-bond acceptors (Lipinski definition) is 6. The van der Waals surface area contributed by atoms with Crippen LogP contribution in [0, 0.1) is 11.3 Å². The van der Waals surface area contributed by atoms with Crippen LogP contribution < -0.4 is 4.74 Å². The minimum absolute atomic E-state index is 0.0942. The summed E-state index contributed by atoms with van der Waals surface area (Å²) in [4.78, 5) is 14.4. The molecular formula is C29H37NO5. The van der Waals surface area contributed by atoms with Gasteiger partial charge in [-0.05, 0) is 58.9 Å². The lowest BCUT2D eigenvalue weighted by Gasteiger charge is -2.39. The predicted molar refractivity (Wildman–Crippen MR) is 135 cm³/mol. The molecule has 2 aliphatic rings. The second kappa shape index (κ2) is 10.5. The fraction of sp³-hybridized carbons (Fsp3) is 0.517. The number of fused-ring (bicyclic) bond motifs is 1. The van der Waals surface area contributed by atoms with Crippen molar-refractivity contribution in [3.63, 3.8) is 0 Å². The largest absolute Gasteiger partial charge is 0.496 e. The molecule has 0 N–H and O–H groups in total. The van der Waals surface area contributed by atoms with E-state index in [1.807, 2.05) is 18.2 Å². The molecule has 188 valence electrons. The summed E-state index contributed by atoms with van der Waals surface area (Å²) < 4.78 is 23.4. The summed E-state index contributed by atoms with van der Waals surface area (Å²) in [6.07, 6.45) is 6.66. The number of allylic oxidation sites excluding steroid dienone is 4. The van der Waals surface area contributed by atoms with E-state index in [4.69, 9.17) is 18.7 Å². The molecule has 0 radical (unpaired) electrons. The van der Waals surface area contributed by atoms with Gasteiger partial charge < -0.3 is 18.7 Å². The Hall–Kier alpha value is -2.70. The maximum absolute atomic E-state index is 14.4. The fourth-order valence-electron chi connectivity index (χ4n) is 5.10. The number of nitrogens with zero attached hydrogens (tertiary/aromatic N) is 1.